The van der Waals surface area contributed by atoms with Gasteiger partial charge in [-0.3, -0.25) is 4.79 Å². The topological polar surface area (TPSA) is 77.0 Å². The normalized spacial score (nSPS) is 11.2. The van der Waals surface area contributed by atoms with E-state index < -0.39 is 0 Å². The Morgan fingerprint density at radius 2 is 1.68 bits per heavy atom. The lowest BCUT2D eigenvalue weighted by Crippen LogP contribution is -2.15. The lowest BCUT2D eigenvalue weighted by Gasteiger charge is -2.19. The summed E-state index contributed by atoms with van der Waals surface area (Å²) in [6.07, 6.45) is 4.85. The van der Waals surface area contributed by atoms with Crippen LogP contribution in [0.1, 0.15) is 47.8 Å². The van der Waals surface area contributed by atoms with Crippen molar-refractivity contribution in [3.63, 3.8) is 0 Å². The van der Waals surface area contributed by atoms with Gasteiger partial charge in [-0.05, 0) is 66.8 Å². The fraction of sp³-hybridized carbons (Fsp3) is 0.214. The van der Waals surface area contributed by atoms with Crippen molar-refractivity contribution in [1.29, 1.82) is 0 Å². The van der Waals surface area contributed by atoms with Crippen molar-refractivity contribution in [2.24, 2.45) is 0 Å². The van der Waals surface area contributed by atoms with Crippen LogP contribution in [0.25, 0.3) is 11.3 Å². The molecule has 0 bridgehead atoms. The van der Waals surface area contributed by atoms with Gasteiger partial charge in [-0.15, -0.1) is 0 Å². The third-order valence-corrected chi connectivity index (χ3v) is 5.69. The summed E-state index contributed by atoms with van der Waals surface area (Å²) in [6, 6.07) is 17.1. The Labute approximate surface area is 200 Å². The van der Waals surface area contributed by atoms with E-state index in [1.807, 2.05) is 68.4 Å². The highest BCUT2D eigenvalue weighted by atomic mass is 16.5. The molecule has 0 unspecified atom stereocenters. The van der Waals surface area contributed by atoms with E-state index in [1.165, 1.54) is 11.9 Å². The highest BCUT2D eigenvalue weighted by Crippen LogP contribution is 2.36. The van der Waals surface area contributed by atoms with E-state index in [0.29, 0.717) is 22.9 Å². The van der Waals surface area contributed by atoms with Gasteiger partial charge in [-0.25, -0.2) is 15.0 Å². The number of ether oxygens (including phenoxy) is 1. The predicted molar refractivity (Wildman–Crippen MR) is 134 cm³/mol. The van der Waals surface area contributed by atoms with E-state index in [9.17, 15) is 4.79 Å². The van der Waals surface area contributed by atoms with Crippen molar-refractivity contribution in [2.75, 3.05) is 5.32 Å². The van der Waals surface area contributed by atoms with Gasteiger partial charge >= 0.3 is 0 Å². The number of benzene rings is 2. The predicted octanol–water partition coefficient (Wildman–Crippen LogP) is 6.50. The maximum absolute atomic E-state index is 12.9. The smallest absolute Gasteiger partial charge is 0.255 e. The van der Waals surface area contributed by atoms with Crippen molar-refractivity contribution in [2.45, 2.75) is 40.0 Å². The van der Waals surface area contributed by atoms with Crippen molar-refractivity contribution in [3.05, 3.63) is 95.6 Å². The molecule has 0 aliphatic carbocycles. The number of pyridine rings is 1. The molecule has 4 aromatic rings. The number of hydrogen-bond donors (Lipinski definition) is 1. The zero-order chi connectivity index (χ0) is 24.3. The Morgan fingerprint density at radius 1 is 0.912 bits per heavy atom. The first-order valence-corrected chi connectivity index (χ1v) is 11.2. The number of carbonyl (C=O) groups is 1. The van der Waals surface area contributed by atoms with Crippen LogP contribution in [0.4, 0.5) is 5.69 Å². The summed E-state index contributed by atoms with van der Waals surface area (Å²) < 4.78 is 6.28. The van der Waals surface area contributed by atoms with Gasteiger partial charge in [-0.1, -0.05) is 39.0 Å². The Kier molecular flexibility index (Phi) is 6.41. The number of rotatable bonds is 5. The van der Waals surface area contributed by atoms with Crippen LogP contribution in [0, 0.1) is 13.8 Å². The van der Waals surface area contributed by atoms with Crippen LogP contribution in [0.5, 0.6) is 11.6 Å². The van der Waals surface area contributed by atoms with Crippen LogP contribution in [0.3, 0.4) is 0 Å². The van der Waals surface area contributed by atoms with Gasteiger partial charge < -0.3 is 10.1 Å². The molecule has 2 heterocycles. The molecule has 0 radical (unpaired) electrons. The third-order valence-electron chi connectivity index (χ3n) is 5.69. The van der Waals surface area contributed by atoms with Crippen molar-refractivity contribution in [1.82, 2.24) is 15.0 Å². The first-order valence-electron chi connectivity index (χ1n) is 11.2. The minimum Gasteiger partial charge on any atom is -0.438 e. The summed E-state index contributed by atoms with van der Waals surface area (Å²) in [5.41, 5.74) is 5.74. The van der Waals surface area contributed by atoms with Crippen LogP contribution in [0.2, 0.25) is 0 Å². The molecule has 172 valence electrons. The van der Waals surface area contributed by atoms with E-state index in [2.05, 4.69) is 41.0 Å². The quantitative estimate of drug-likeness (QED) is 0.374. The minimum absolute atomic E-state index is 0.0326. The molecule has 6 nitrogen and oxygen atoms in total. The number of aromatic nitrogens is 3. The van der Waals surface area contributed by atoms with E-state index in [0.717, 1.165) is 22.4 Å². The van der Waals surface area contributed by atoms with Gasteiger partial charge in [0.15, 0.2) is 0 Å². The summed E-state index contributed by atoms with van der Waals surface area (Å²) in [4.78, 5) is 25.7. The first kappa shape index (κ1) is 23.1. The second-order valence-corrected chi connectivity index (χ2v) is 9.22. The van der Waals surface area contributed by atoms with Crippen LogP contribution in [0.15, 0.2) is 73.3 Å². The number of nitrogens with zero attached hydrogens (tertiary/aromatic N) is 3. The van der Waals surface area contributed by atoms with Crippen molar-refractivity contribution in [3.8, 4) is 22.9 Å². The molecule has 0 spiro atoms. The van der Waals surface area contributed by atoms with Crippen LogP contribution in [-0.2, 0) is 5.41 Å². The average Bonchev–Trinajstić information content (AvgIpc) is 2.84. The zero-order valence-electron chi connectivity index (χ0n) is 20.1. The van der Waals surface area contributed by atoms with Gasteiger partial charge in [-0.2, -0.15) is 0 Å². The molecule has 0 saturated heterocycles. The molecule has 1 amide bonds. The van der Waals surface area contributed by atoms with Gasteiger partial charge in [0.05, 0.1) is 11.3 Å². The van der Waals surface area contributed by atoms with E-state index in [-0.39, 0.29) is 11.3 Å². The molecule has 1 N–H and O–H groups in total. The van der Waals surface area contributed by atoms with Gasteiger partial charge in [0.1, 0.15) is 12.1 Å². The monoisotopic (exact) mass is 452 g/mol. The molecular formula is C28H28N4O2. The molecule has 0 aliphatic heterocycles. The summed E-state index contributed by atoms with van der Waals surface area (Å²) in [5.74, 6) is 0.918. The largest absolute Gasteiger partial charge is 0.438 e. The molecule has 4 rings (SSSR count). The molecule has 0 fully saturated rings. The third kappa shape index (κ3) is 4.96. The summed E-state index contributed by atoms with van der Waals surface area (Å²) in [5, 5.41) is 3.02. The lowest BCUT2D eigenvalue weighted by molar-refractivity contribution is 0.102. The number of amides is 1. The second kappa shape index (κ2) is 9.43. The molecule has 6 heteroatoms. The Morgan fingerprint density at radius 3 is 2.35 bits per heavy atom. The average molecular weight is 453 g/mol. The molecule has 0 atom stereocenters. The number of carbonyl (C=O) groups excluding carboxylic acids is 1. The molecule has 0 saturated carbocycles. The Bertz CT molecular complexity index is 1310. The highest BCUT2D eigenvalue weighted by Gasteiger charge is 2.17. The van der Waals surface area contributed by atoms with Gasteiger partial charge in [0.2, 0.25) is 5.88 Å². The summed E-state index contributed by atoms with van der Waals surface area (Å²) >= 11 is 0. The maximum atomic E-state index is 12.9. The number of aryl methyl sites for hydroxylation is 1. The number of nitrogens with one attached hydrogen (secondary N) is 1. The minimum atomic E-state index is -0.169. The fourth-order valence-corrected chi connectivity index (χ4v) is 3.65. The van der Waals surface area contributed by atoms with Crippen molar-refractivity contribution < 1.29 is 9.53 Å². The first-order chi connectivity index (χ1) is 16.2. The SMILES string of the molecule is Cc1ccc(NC(=O)c2ccc(C(C)(C)C)cc2)c(C)c1Oc1ncccc1-c1ccncn1. The van der Waals surface area contributed by atoms with Gasteiger partial charge in [0, 0.05) is 29.2 Å². The van der Waals surface area contributed by atoms with E-state index in [1.54, 1.807) is 12.4 Å². The molecule has 0 aliphatic rings. The Hall–Kier alpha value is -4.06. The summed E-state index contributed by atoms with van der Waals surface area (Å²) in [6.45, 7) is 10.3. The van der Waals surface area contributed by atoms with Crippen LogP contribution in [-0.4, -0.2) is 20.9 Å². The summed E-state index contributed by atoms with van der Waals surface area (Å²) in [7, 11) is 0. The lowest BCUT2D eigenvalue weighted by atomic mass is 9.86. The second-order valence-electron chi connectivity index (χ2n) is 9.22. The van der Waals surface area contributed by atoms with E-state index >= 15 is 0 Å². The number of anilines is 1. The van der Waals surface area contributed by atoms with Crippen LogP contribution < -0.4 is 10.1 Å². The molecular weight excluding hydrogens is 424 g/mol. The standard InChI is InChI=1S/C28H28N4O2/c1-18-8-13-23(32-26(33)20-9-11-21(12-10-20)28(3,4)5)19(2)25(18)34-27-22(7-6-15-30-27)24-14-16-29-17-31-24/h6-17H,1-5H3,(H,32,33). The van der Waals surface area contributed by atoms with Crippen LogP contribution >= 0.6 is 0 Å². The number of hydrogen-bond acceptors (Lipinski definition) is 5. The van der Waals surface area contributed by atoms with Crippen molar-refractivity contribution >= 4 is 11.6 Å². The molecule has 2 aromatic heterocycles. The van der Waals surface area contributed by atoms with E-state index in [4.69, 9.17) is 4.74 Å². The Balaban J connectivity index is 1.61. The zero-order valence-corrected chi connectivity index (χ0v) is 20.1. The fourth-order valence-electron chi connectivity index (χ4n) is 3.65. The maximum Gasteiger partial charge on any atom is 0.255 e. The molecule has 2 aromatic carbocycles. The highest BCUT2D eigenvalue weighted by molar-refractivity contribution is 6.04. The molecule has 34 heavy (non-hydrogen) atoms. The van der Waals surface area contributed by atoms with Gasteiger partial charge in [0.25, 0.3) is 5.91 Å².